The van der Waals surface area contributed by atoms with Crippen LogP contribution in [0, 0.1) is 0 Å². The van der Waals surface area contributed by atoms with Gasteiger partial charge in [0.25, 0.3) is 0 Å². The molecule has 1 atom stereocenters. The number of hydrogen-bond acceptors (Lipinski definition) is 5. The van der Waals surface area contributed by atoms with E-state index in [0.29, 0.717) is 28.1 Å². The molecule has 1 aliphatic heterocycles. The van der Waals surface area contributed by atoms with Crippen molar-refractivity contribution < 1.29 is 19.0 Å². The van der Waals surface area contributed by atoms with Crippen LogP contribution >= 0.6 is 22.9 Å². The molecule has 2 aromatic rings. The van der Waals surface area contributed by atoms with E-state index in [1.54, 1.807) is 31.4 Å². The minimum Gasteiger partial charge on any atom is -0.454 e. The van der Waals surface area contributed by atoms with Gasteiger partial charge >= 0.3 is 6.03 Å². The zero-order valence-electron chi connectivity index (χ0n) is 12.3. The minimum atomic E-state index is -0.325. The lowest BCUT2D eigenvalue weighted by Crippen LogP contribution is -2.32. The molecule has 2 heterocycles. The van der Waals surface area contributed by atoms with Gasteiger partial charge in [0.1, 0.15) is 6.10 Å². The maximum atomic E-state index is 12.0. The molecule has 122 valence electrons. The molecule has 23 heavy (non-hydrogen) atoms. The third-order valence-electron chi connectivity index (χ3n) is 3.27. The third-order valence-corrected chi connectivity index (χ3v) is 4.60. The Morgan fingerprint density at radius 3 is 2.91 bits per heavy atom. The predicted molar refractivity (Wildman–Crippen MR) is 88.7 cm³/mol. The van der Waals surface area contributed by atoms with Crippen LogP contribution in [-0.2, 0) is 4.74 Å². The number of ether oxygens (including phenoxy) is 3. The molecule has 0 fully saturated rings. The standard InChI is InChI=1S/C15H15ClN2O4S/c1-20-12(13-4-5-14(16)23-13)7-17-15(19)18-9-2-3-10-11(6-9)22-8-21-10/h2-6,12H,7-8H2,1H3,(H2,17,18,19)/t12-/m1/s1. The van der Waals surface area contributed by atoms with Crippen LogP contribution in [-0.4, -0.2) is 26.5 Å². The highest BCUT2D eigenvalue weighted by Crippen LogP contribution is 2.34. The van der Waals surface area contributed by atoms with Crippen LogP contribution in [0.25, 0.3) is 0 Å². The van der Waals surface area contributed by atoms with E-state index in [1.165, 1.54) is 11.3 Å². The molecule has 2 N–H and O–H groups in total. The highest BCUT2D eigenvalue weighted by atomic mass is 35.5. The van der Waals surface area contributed by atoms with E-state index in [2.05, 4.69) is 10.6 Å². The number of carbonyl (C=O) groups is 1. The van der Waals surface area contributed by atoms with Crippen molar-refractivity contribution in [1.29, 1.82) is 0 Å². The number of carbonyl (C=O) groups excluding carboxylic acids is 1. The molecule has 8 heteroatoms. The molecular formula is C15H15ClN2O4S. The number of fused-ring (bicyclic) bond motifs is 1. The van der Waals surface area contributed by atoms with Crippen LogP contribution < -0.4 is 20.1 Å². The SMILES string of the molecule is CO[C@H](CNC(=O)Nc1ccc2c(c1)OCO2)c1ccc(Cl)s1. The Morgan fingerprint density at radius 2 is 2.17 bits per heavy atom. The summed E-state index contributed by atoms with van der Waals surface area (Å²) in [7, 11) is 1.59. The fraction of sp³-hybridized carbons (Fsp3) is 0.267. The van der Waals surface area contributed by atoms with Crippen LogP contribution in [0.5, 0.6) is 11.5 Å². The van der Waals surface area contributed by atoms with Gasteiger partial charge in [0.15, 0.2) is 11.5 Å². The summed E-state index contributed by atoms with van der Waals surface area (Å²) in [4.78, 5) is 13.0. The van der Waals surface area contributed by atoms with E-state index in [9.17, 15) is 4.79 Å². The molecule has 1 aromatic carbocycles. The Kier molecular flexibility index (Phi) is 4.90. The summed E-state index contributed by atoms with van der Waals surface area (Å²) >= 11 is 7.35. The van der Waals surface area contributed by atoms with Crippen molar-refractivity contribution in [2.75, 3.05) is 25.8 Å². The van der Waals surface area contributed by atoms with Gasteiger partial charge in [0.05, 0.1) is 10.9 Å². The smallest absolute Gasteiger partial charge is 0.319 e. The first-order chi connectivity index (χ1) is 11.2. The molecule has 1 aliphatic rings. The normalized spacial score (nSPS) is 13.7. The van der Waals surface area contributed by atoms with Crippen LogP contribution in [0.15, 0.2) is 30.3 Å². The lowest BCUT2D eigenvalue weighted by atomic mass is 10.3. The number of hydrogen-bond donors (Lipinski definition) is 2. The Bertz CT molecular complexity index is 707. The molecule has 6 nitrogen and oxygen atoms in total. The first-order valence-electron chi connectivity index (χ1n) is 6.88. The number of amides is 2. The molecule has 0 bridgehead atoms. The van der Waals surface area contributed by atoms with Gasteiger partial charge in [-0.05, 0) is 24.3 Å². The lowest BCUT2D eigenvalue weighted by Gasteiger charge is -2.15. The van der Waals surface area contributed by atoms with Crippen molar-refractivity contribution in [3.8, 4) is 11.5 Å². The van der Waals surface area contributed by atoms with Crippen molar-refractivity contribution >= 4 is 34.7 Å². The zero-order chi connectivity index (χ0) is 16.2. The van der Waals surface area contributed by atoms with Gasteiger partial charge in [-0.15, -0.1) is 11.3 Å². The first kappa shape index (κ1) is 15.9. The molecule has 0 saturated heterocycles. The van der Waals surface area contributed by atoms with Crippen LogP contribution in [0.4, 0.5) is 10.5 Å². The summed E-state index contributed by atoms with van der Waals surface area (Å²) in [6.07, 6.45) is -0.241. The fourth-order valence-corrected chi connectivity index (χ4v) is 3.27. The highest BCUT2D eigenvalue weighted by molar-refractivity contribution is 7.16. The molecule has 0 unspecified atom stereocenters. The molecular weight excluding hydrogens is 340 g/mol. The lowest BCUT2D eigenvalue weighted by molar-refractivity contribution is 0.107. The molecule has 0 saturated carbocycles. The van der Waals surface area contributed by atoms with Crippen molar-refractivity contribution in [2.24, 2.45) is 0 Å². The maximum absolute atomic E-state index is 12.0. The number of halogens is 1. The predicted octanol–water partition coefficient (Wildman–Crippen LogP) is 3.64. The number of methoxy groups -OCH3 is 1. The van der Waals surface area contributed by atoms with Gasteiger partial charge in [0.2, 0.25) is 6.79 Å². The average molecular weight is 355 g/mol. The highest BCUT2D eigenvalue weighted by Gasteiger charge is 2.16. The van der Waals surface area contributed by atoms with Crippen molar-refractivity contribution in [2.45, 2.75) is 6.10 Å². The van der Waals surface area contributed by atoms with Gasteiger partial charge in [0, 0.05) is 23.7 Å². The van der Waals surface area contributed by atoms with Crippen molar-refractivity contribution in [3.63, 3.8) is 0 Å². The zero-order valence-corrected chi connectivity index (χ0v) is 13.9. The van der Waals surface area contributed by atoms with Gasteiger partial charge in [-0.1, -0.05) is 11.6 Å². The summed E-state index contributed by atoms with van der Waals surface area (Å²) in [5.74, 6) is 1.29. The number of thiophene rings is 1. The maximum Gasteiger partial charge on any atom is 0.319 e. The monoisotopic (exact) mass is 354 g/mol. The fourth-order valence-electron chi connectivity index (χ4n) is 2.14. The second-order valence-electron chi connectivity index (χ2n) is 4.77. The van der Waals surface area contributed by atoms with Gasteiger partial charge in [-0.25, -0.2) is 4.79 Å². The van der Waals surface area contributed by atoms with Gasteiger partial charge in [-0.2, -0.15) is 0 Å². The summed E-state index contributed by atoms with van der Waals surface area (Å²) in [5, 5.41) is 5.52. The van der Waals surface area contributed by atoms with Gasteiger partial charge in [-0.3, -0.25) is 0 Å². The van der Waals surface area contributed by atoms with Crippen LogP contribution in [0.2, 0.25) is 4.34 Å². The number of rotatable bonds is 5. The topological polar surface area (TPSA) is 68.8 Å². The summed E-state index contributed by atoms with van der Waals surface area (Å²) in [5.41, 5.74) is 0.625. The van der Waals surface area contributed by atoms with Crippen LogP contribution in [0.3, 0.4) is 0 Å². The number of urea groups is 1. The van der Waals surface area contributed by atoms with Crippen molar-refractivity contribution in [1.82, 2.24) is 5.32 Å². The Labute approximate surface area is 142 Å². The Balaban J connectivity index is 1.54. The second-order valence-corrected chi connectivity index (χ2v) is 6.52. The van der Waals surface area contributed by atoms with E-state index >= 15 is 0 Å². The van der Waals surface area contributed by atoms with E-state index in [4.69, 9.17) is 25.8 Å². The summed E-state index contributed by atoms with van der Waals surface area (Å²) < 4.78 is 16.6. The van der Waals surface area contributed by atoms with E-state index in [0.717, 1.165) is 4.88 Å². The molecule has 0 spiro atoms. The third kappa shape index (κ3) is 3.87. The quantitative estimate of drug-likeness (QED) is 0.860. The number of anilines is 1. The molecule has 0 radical (unpaired) electrons. The molecule has 1 aromatic heterocycles. The summed E-state index contributed by atoms with van der Waals surface area (Å²) in [6, 6.07) is 8.59. The Morgan fingerprint density at radius 1 is 1.35 bits per heavy atom. The molecule has 3 rings (SSSR count). The van der Waals surface area contributed by atoms with E-state index in [-0.39, 0.29) is 18.9 Å². The van der Waals surface area contributed by atoms with E-state index in [1.807, 2.05) is 6.07 Å². The first-order valence-corrected chi connectivity index (χ1v) is 8.07. The second kappa shape index (κ2) is 7.08. The largest absolute Gasteiger partial charge is 0.454 e. The number of nitrogens with one attached hydrogen (secondary N) is 2. The molecule has 2 amide bonds. The van der Waals surface area contributed by atoms with Gasteiger partial charge < -0.3 is 24.8 Å². The van der Waals surface area contributed by atoms with Crippen LogP contribution in [0.1, 0.15) is 11.0 Å². The summed E-state index contributed by atoms with van der Waals surface area (Å²) in [6.45, 7) is 0.535. The average Bonchev–Trinajstić information content (AvgIpc) is 3.16. The minimum absolute atomic E-state index is 0.198. The number of benzene rings is 1. The Hall–Kier alpha value is -1.96. The van der Waals surface area contributed by atoms with E-state index < -0.39 is 0 Å². The molecule has 0 aliphatic carbocycles. The van der Waals surface area contributed by atoms with Crippen molar-refractivity contribution in [3.05, 3.63) is 39.5 Å².